The fourth-order valence-electron chi connectivity index (χ4n) is 1.94. The molecule has 0 saturated heterocycles. The summed E-state index contributed by atoms with van der Waals surface area (Å²) in [7, 11) is 0. The van der Waals surface area contributed by atoms with E-state index in [9.17, 15) is 9.59 Å². The number of hydrogen-bond donors (Lipinski definition) is 2. The lowest BCUT2D eigenvalue weighted by Gasteiger charge is -2.15. The Morgan fingerprint density at radius 2 is 1.90 bits per heavy atom. The third-order valence-corrected chi connectivity index (χ3v) is 3.02. The van der Waals surface area contributed by atoms with Crippen molar-refractivity contribution in [3.63, 3.8) is 0 Å². The second-order valence-electron chi connectivity index (χ2n) is 4.41. The fraction of sp³-hybridized carbons (Fsp3) is 0.200. The predicted octanol–water partition coefficient (Wildman–Crippen LogP) is 1.43. The number of hydrogen-bond acceptors (Lipinski definition) is 4. The molecule has 0 aliphatic heterocycles. The summed E-state index contributed by atoms with van der Waals surface area (Å²) in [4.78, 5) is 31.6. The lowest BCUT2D eigenvalue weighted by molar-refractivity contribution is -0.123. The number of nitrogens with one attached hydrogen (secondary N) is 2. The first-order chi connectivity index (χ1) is 10.2. The van der Waals surface area contributed by atoms with Gasteiger partial charge in [-0.25, -0.2) is 4.98 Å². The van der Waals surface area contributed by atoms with Crippen LogP contribution in [0.5, 0.6) is 0 Å². The molecule has 6 heteroatoms. The largest absolute Gasteiger partial charge is 0.289 e. The van der Waals surface area contributed by atoms with Crippen molar-refractivity contribution < 1.29 is 9.59 Å². The lowest BCUT2D eigenvalue weighted by Crippen LogP contribution is -2.44. The van der Waals surface area contributed by atoms with Gasteiger partial charge >= 0.3 is 0 Å². The van der Waals surface area contributed by atoms with Gasteiger partial charge in [0.25, 0.3) is 5.91 Å². The van der Waals surface area contributed by atoms with Gasteiger partial charge in [0.15, 0.2) is 0 Å². The minimum atomic E-state index is -0.501. The van der Waals surface area contributed by atoms with Crippen LogP contribution in [0.4, 0.5) is 0 Å². The van der Waals surface area contributed by atoms with Crippen molar-refractivity contribution in [1.82, 2.24) is 20.8 Å². The summed E-state index contributed by atoms with van der Waals surface area (Å²) in [6.07, 6.45) is 4.85. The molecule has 1 aromatic heterocycles. The van der Waals surface area contributed by atoms with E-state index in [2.05, 4.69) is 20.8 Å². The molecule has 0 aliphatic carbocycles. The van der Waals surface area contributed by atoms with E-state index in [1.165, 1.54) is 18.6 Å². The first-order valence-electron chi connectivity index (χ1n) is 6.63. The normalized spacial score (nSPS) is 11.5. The Kier molecular flexibility index (Phi) is 4.98. The van der Waals surface area contributed by atoms with Crippen LogP contribution in [0, 0.1) is 0 Å². The topological polar surface area (TPSA) is 84.0 Å². The van der Waals surface area contributed by atoms with Crippen LogP contribution < -0.4 is 10.9 Å². The van der Waals surface area contributed by atoms with E-state index < -0.39 is 5.91 Å². The van der Waals surface area contributed by atoms with E-state index in [1.54, 1.807) is 0 Å². The van der Waals surface area contributed by atoms with Crippen molar-refractivity contribution in [2.45, 2.75) is 19.3 Å². The molecule has 1 aromatic carbocycles. The molecule has 0 unspecified atom stereocenters. The summed E-state index contributed by atoms with van der Waals surface area (Å²) in [6, 6.07) is 9.42. The summed E-state index contributed by atoms with van der Waals surface area (Å²) < 4.78 is 0. The van der Waals surface area contributed by atoms with E-state index in [0.717, 1.165) is 5.56 Å². The molecule has 0 spiro atoms. The summed E-state index contributed by atoms with van der Waals surface area (Å²) in [5.41, 5.74) is 5.82. The van der Waals surface area contributed by atoms with Gasteiger partial charge in [-0.1, -0.05) is 37.3 Å². The van der Waals surface area contributed by atoms with Crippen LogP contribution in [0.25, 0.3) is 0 Å². The lowest BCUT2D eigenvalue weighted by atomic mass is 9.96. The molecule has 0 fully saturated rings. The number of amides is 2. The molecule has 2 amide bonds. The van der Waals surface area contributed by atoms with Crippen LogP contribution in [-0.4, -0.2) is 21.8 Å². The standard InChI is InChI=1S/C15H16N4O2/c1-2-12(11-6-4-3-5-7-11)14(20)18-19-15(21)13-10-16-8-9-17-13/h3-10,12H,2H2,1H3,(H,18,20)(H,19,21)/t12-/m0/s1. The summed E-state index contributed by atoms with van der Waals surface area (Å²) in [5.74, 6) is -1.08. The number of aromatic nitrogens is 2. The zero-order chi connectivity index (χ0) is 15.1. The SMILES string of the molecule is CC[C@H](C(=O)NNC(=O)c1cnccn1)c1ccccc1. The van der Waals surface area contributed by atoms with Crippen molar-refractivity contribution in [1.29, 1.82) is 0 Å². The van der Waals surface area contributed by atoms with Gasteiger partial charge in [0.2, 0.25) is 5.91 Å². The molecule has 21 heavy (non-hydrogen) atoms. The highest BCUT2D eigenvalue weighted by atomic mass is 16.2. The zero-order valence-electron chi connectivity index (χ0n) is 11.6. The highest BCUT2D eigenvalue weighted by molar-refractivity contribution is 5.94. The average Bonchev–Trinajstić information content (AvgIpc) is 2.55. The molecule has 6 nitrogen and oxygen atoms in total. The van der Waals surface area contributed by atoms with Crippen molar-refractivity contribution in [3.05, 3.63) is 60.2 Å². The van der Waals surface area contributed by atoms with Gasteiger partial charge in [0.1, 0.15) is 5.69 Å². The van der Waals surface area contributed by atoms with E-state index in [-0.39, 0.29) is 17.5 Å². The third-order valence-electron chi connectivity index (χ3n) is 3.02. The van der Waals surface area contributed by atoms with E-state index >= 15 is 0 Å². The Bertz CT molecular complexity index is 602. The Hall–Kier alpha value is -2.76. The molecule has 0 saturated carbocycles. The third kappa shape index (κ3) is 3.85. The van der Waals surface area contributed by atoms with Gasteiger partial charge in [-0.2, -0.15) is 0 Å². The van der Waals surface area contributed by atoms with Gasteiger partial charge < -0.3 is 0 Å². The molecule has 1 atom stereocenters. The maximum atomic E-state index is 12.1. The minimum Gasteiger partial charge on any atom is -0.273 e. The van der Waals surface area contributed by atoms with Crippen LogP contribution in [0.1, 0.15) is 35.3 Å². The molecule has 108 valence electrons. The molecule has 0 aliphatic rings. The van der Waals surface area contributed by atoms with Gasteiger partial charge in [-0.15, -0.1) is 0 Å². The Morgan fingerprint density at radius 1 is 1.14 bits per heavy atom. The quantitative estimate of drug-likeness (QED) is 0.832. The number of benzene rings is 1. The highest BCUT2D eigenvalue weighted by Crippen LogP contribution is 2.18. The van der Waals surface area contributed by atoms with Crippen LogP contribution >= 0.6 is 0 Å². The maximum Gasteiger partial charge on any atom is 0.289 e. The van der Waals surface area contributed by atoms with Gasteiger partial charge in [-0.3, -0.25) is 25.4 Å². The first-order valence-corrected chi connectivity index (χ1v) is 6.63. The van der Waals surface area contributed by atoms with Crippen LogP contribution in [0.2, 0.25) is 0 Å². The fourth-order valence-corrected chi connectivity index (χ4v) is 1.94. The molecule has 2 N–H and O–H groups in total. The van der Waals surface area contributed by atoms with Crippen LogP contribution in [0.15, 0.2) is 48.9 Å². The van der Waals surface area contributed by atoms with Gasteiger partial charge in [-0.05, 0) is 12.0 Å². The van der Waals surface area contributed by atoms with Crippen molar-refractivity contribution in [2.75, 3.05) is 0 Å². The van der Waals surface area contributed by atoms with Gasteiger partial charge in [0.05, 0.1) is 12.1 Å². The molecule has 0 radical (unpaired) electrons. The van der Waals surface area contributed by atoms with Crippen LogP contribution in [-0.2, 0) is 4.79 Å². The van der Waals surface area contributed by atoms with Crippen LogP contribution in [0.3, 0.4) is 0 Å². The Balaban J connectivity index is 1.96. The summed E-state index contributed by atoms with van der Waals surface area (Å²) in [6.45, 7) is 1.92. The number of nitrogens with zero attached hydrogens (tertiary/aromatic N) is 2. The Morgan fingerprint density at radius 3 is 2.52 bits per heavy atom. The zero-order valence-corrected chi connectivity index (χ0v) is 11.6. The first kappa shape index (κ1) is 14.6. The van der Waals surface area contributed by atoms with E-state index in [1.807, 2.05) is 37.3 Å². The second-order valence-corrected chi connectivity index (χ2v) is 4.41. The Labute approximate surface area is 122 Å². The smallest absolute Gasteiger partial charge is 0.273 e. The average molecular weight is 284 g/mol. The number of rotatable bonds is 4. The number of carbonyl (C=O) groups excluding carboxylic acids is 2. The predicted molar refractivity (Wildman–Crippen MR) is 77.1 cm³/mol. The van der Waals surface area contributed by atoms with E-state index in [4.69, 9.17) is 0 Å². The van der Waals surface area contributed by atoms with E-state index in [0.29, 0.717) is 6.42 Å². The molecular formula is C15H16N4O2. The summed E-state index contributed by atoms with van der Waals surface area (Å²) >= 11 is 0. The van der Waals surface area contributed by atoms with Crippen molar-refractivity contribution in [2.24, 2.45) is 0 Å². The molecular weight excluding hydrogens is 268 g/mol. The second kappa shape index (κ2) is 7.14. The summed E-state index contributed by atoms with van der Waals surface area (Å²) in [5, 5.41) is 0. The molecule has 1 heterocycles. The minimum absolute atomic E-state index is 0.144. The van der Waals surface area contributed by atoms with Crippen molar-refractivity contribution >= 4 is 11.8 Å². The van der Waals surface area contributed by atoms with Crippen molar-refractivity contribution in [3.8, 4) is 0 Å². The monoisotopic (exact) mass is 284 g/mol. The van der Waals surface area contributed by atoms with Gasteiger partial charge in [0, 0.05) is 12.4 Å². The highest BCUT2D eigenvalue weighted by Gasteiger charge is 2.19. The molecule has 0 bridgehead atoms. The number of carbonyl (C=O) groups is 2. The molecule has 2 rings (SSSR count). The number of hydrazine groups is 1. The maximum absolute atomic E-state index is 12.1. The molecule has 2 aromatic rings.